The minimum atomic E-state index is -4.73. The lowest BCUT2D eigenvalue weighted by atomic mass is 9.69. The van der Waals surface area contributed by atoms with E-state index in [-0.39, 0.29) is 34.3 Å². The molecule has 2 aromatic rings. The van der Waals surface area contributed by atoms with E-state index in [1.54, 1.807) is 0 Å². The van der Waals surface area contributed by atoms with E-state index < -0.39 is 23.1 Å². The number of nitrogens with zero attached hydrogens (tertiary/aromatic N) is 2. The number of rotatable bonds is 2. The van der Waals surface area contributed by atoms with Crippen LogP contribution in [0.4, 0.5) is 18.9 Å². The zero-order valence-electron chi connectivity index (χ0n) is 18.5. The van der Waals surface area contributed by atoms with Gasteiger partial charge in [0.1, 0.15) is 5.82 Å². The second-order valence-corrected chi connectivity index (χ2v) is 11.8. The van der Waals surface area contributed by atoms with E-state index in [0.717, 1.165) is 20.3 Å². The van der Waals surface area contributed by atoms with Gasteiger partial charge in [-0.25, -0.2) is 0 Å². The molecule has 0 fully saturated rings. The Hall–Kier alpha value is -2.28. The highest BCUT2D eigenvalue weighted by Gasteiger charge is 2.47. The number of ketones is 1. The standard InChI is InChI=1S/C24H20BrClF3N3OS/c1-11-15(25)7-19(34-11)20-13(10-30)22(31)32(17-8-23(2,3)9-18(33)21(17)20)16-5-4-12(26)6-14(16)24(27,28)29/h4-7,20H,8-9,31H2,1-3H3. The SMILES string of the molecule is Cc1sc(C2C(C#N)=C(N)N(c3ccc(Cl)cc3C(F)(F)F)C3=C2C(=O)CC(C)(C)C3)cc1Br. The smallest absolute Gasteiger partial charge is 0.384 e. The van der Waals surface area contributed by atoms with Gasteiger partial charge < -0.3 is 5.73 Å². The molecule has 34 heavy (non-hydrogen) atoms. The van der Waals surface area contributed by atoms with Crippen molar-refractivity contribution in [1.29, 1.82) is 5.26 Å². The van der Waals surface area contributed by atoms with Crippen LogP contribution in [-0.4, -0.2) is 5.78 Å². The molecule has 4 nitrogen and oxygen atoms in total. The molecule has 10 heteroatoms. The predicted molar refractivity (Wildman–Crippen MR) is 130 cm³/mol. The first kappa shape index (κ1) is 24.8. The van der Waals surface area contributed by atoms with E-state index in [0.29, 0.717) is 17.7 Å². The molecule has 0 saturated heterocycles. The molecule has 0 amide bonds. The summed E-state index contributed by atoms with van der Waals surface area (Å²) in [4.78, 5) is 16.4. The van der Waals surface area contributed by atoms with E-state index in [1.807, 2.05) is 26.8 Å². The van der Waals surface area contributed by atoms with Gasteiger partial charge in [0.05, 0.1) is 28.8 Å². The van der Waals surface area contributed by atoms with Crippen molar-refractivity contribution in [2.24, 2.45) is 11.1 Å². The molecular weight excluding hydrogens is 551 g/mol. The quantitative estimate of drug-likeness (QED) is 0.408. The highest BCUT2D eigenvalue weighted by molar-refractivity contribution is 9.10. The summed E-state index contributed by atoms with van der Waals surface area (Å²) in [7, 11) is 0. The Balaban J connectivity index is 2.06. The van der Waals surface area contributed by atoms with Crippen LogP contribution in [0, 0.1) is 23.7 Å². The molecule has 1 aliphatic carbocycles. The minimum Gasteiger partial charge on any atom is -0.384 e. The summed E-state index contributed by atoms with van der Waals surface area (Å²) in [6.45, 7) is 5.68. The fourth-order valence-corrected chi connectivity index (χ4v) is 6.48. The number of thiophene rings is 1. The van der Waals surface area contributed by atoms with Crippen molar-refractivity contribution in [3.8, 4) is 6.07 Å². The van der Waals surface area contributed by atoms with Gasteiger partial charge in [-0.2, -0.15) is 18.4 Å². The van der Waals surface area contributed by atoms with Crippen LogP contribution in [0.15, 0.2) is 51.4 Å². The first-order chi connectivity index (χ1) is 15.7. The molecule has 0 saturated carbocycles. The van der Waals surface area contributed by atoms with Crippen LogP contribution < -0.4 is 10.6 Å². The monoisotopic (exact) mass is 569 g/mol. The Bertz CT molecular complexity index is 1300. The van der Waals surface area contributed by atoms with Crippen molar-refractivity contribution >= 4 is 50.3 Å². The van der Waals surface area contributed by atoms with Crippen LogP contribution in [0.2, 0.25) is 5.02 Å². The Morgan fingerprint density at radius 2 is 1.97 bits per heavy atom. The number of halogens is 5. The molecule has 1 aromatic heterocycles. The Kier molecular flexibility index (Phi) is 6.16. The van der Waals surface area contributed by atoms with Gasteiger partial charge in [-0.1, -0.05) is 25.4 Å². The average molecular weight is 571 g/mol. The third-order valence-electron chi connectivity index (χ3n) is 6.05. The van der Waals surface area contributed by atoms with Crippen LogP contribution in [0.25, 0.3) is 0 Å². The molecule has 1 aromatic carbocycles. The summed E-state index contributed by atoms with van der Waals surface area (Å²) < 4.78 is 42.9. The maximum Gasteiger partial charge on any atom is 0.418 e. The van der Waals surface area contributed by atoms with Crippen molar-refractivity contribution in [2.45, 2.75) is 45.7 Å². The van der Waals surface area contributed by atoms with E-state index >= 15 is 0 Å². The summed E-state index contributed by atoms with van der Waals surface area (Å²) in [5.41, 5.74) is 5.46. The number of nitrogens with two attached hydrogens (primary N) is 1. The number of carbonyl (C=O) groups is 1. The van der Waals surface area contributed by atoms with E-state index in [9.17, 15) is 23.2 Å². The zero-order valence-corrected chi connectivity index (χ0v) is 21.6. The molecule has 1 aliphatic heterocycles. The molecule has 0 bridgehead atoms. The summed E-state index contributed by atoms with van der Waals surface area (Å²) in [6.07, 6.45) is -4.20. The van der Waals surface area contributed by atoms with Gasteiger partial charge in [0.15, 0.2) is 5.78 Å². The molecular formula is C24H20BrClF3N3OS. The molecule has 2 heterocycles. The summed E-state index contributed by atoms with van der Waals surface area (Å²) in [5.74, 6) is -1.06. The number of alkyl halides is 3. The predicted octanol–water partition coefficient (Wildman–Crippen LogP) is 7.43. The Labute approximate surface area is 212 Å². The van der Waals surface area contributed by atoms with Crippen LogP contribution in [0.1, 0.15) is 47.9 Å². The lowest BCUT2D eigenvalue weighted by Crippen LogP contribution is -2.42. The van der Waals surface area contributed by atoms with Gasteiger partial charge >= 0.3 is 6.18 Å². The van der Waals surface area contributed by atoms with Crippen LogP contribution >= 0.6 is 38.9 Å². The molecule has 2 aliphatic rings. The molecule has 1 unspecified atom stereocenters. The number of benzene rings is 1. The number of allylic oxidation sites excluding steroid dienone is 3. The third kappa shape index (κ3) is 4.16. The topological polar surface area (TPSA) is 70.1 Å². The highest BCUT2D eigenvalue weighted by atomic mass is 79.9. The fraction of sp³-hybridized carbons (Fsp3) is 0.333. The van der Waals surface area contributed by atoms with Gasteiger partial charge in [-0.15, -0.1) is 11.3 Å². The molecule has 0 spiro atoms. The van der Waals surface area contributed by atoms with Gasteiger partial charge in [-0.05, 0) is 59.0 Å². The number of nitriles is 1. The normalized spacial score (nSPS) is 20.5. The van der Waals surface area contributed by atoms with E-state index in [2.05, 4.69) is 22.0 Å². The van der Waals surface area contributed by atoms with Crippen LogP contribution in [0.3, 0.4) is 0 Å². The number of carbonyl (C=O) groups excluding carboxylic acids is 1. The molecule has 2 N–H and O–H groups in total. The summed E-state index contributed by atoms with van der Waals surface area (Å²) in [5, 5.41) is 10.0. The maximum absolute atomic E-state index is 14.0. The number of hydrogen-bond donors (Lipinski definition) is 1. The van der Waals surface area contributed by atoms with Crippen molar-refractivity contribution in [3.05, 3.63) is 71.7 Å². The van der Waals surface area contributed by atoms with Crippen LogP contribution in [-0.2, 0) is 11.0 Å². The number of anilines is 1. The lowest BCUT2D eigenvalue weighted by molar-refractivity contribution is -0.137. The maximum atomic E-state index is 14.0. The van der Waals surface area contributed by atoms with Gasteiger partial charge in [0.2, 0.25) is 0 Å². The van der Waals surface area contributed by atoms with Crippen molar-refractivity contribution in [1.82, 2.24) is 0 Å². The minimum absolute atomic E-state index is 0.0450. The second-order valence-electron chi connectivity index (χ2n) is 9.19. The van der Waals surface area contributed by atoms with Crippen molar-refractivity contribution < 1.29 is 18.0 Å². The first-order valence-corrected chi connectivity index (χ1v) is 12.3. The lowest BCUT2D eigenvalue weighted by Gasteiger charge is -2.44. The Morgan fingerprint density at radius 3 is 2.53 bits per heavy atom. The Morgan fingerprint density at radius 1 is 1.29 bits per heavy atom. The molecule has 0 radical (unpaired) electrons. The third-order valence-corrected chi connectivity index (χ3v) is 8.48. The molecule has 4 rings (SSSR count). The van der Waals surface area contributed by atoms with Gasteiger partial charge in [0.25, 0.3) is 0 Å². The largest absolute Gasteiger partial charge is 0.418 e. The van der Waals surface area contributed by atoms with Crippen LogP contribution in [0.5, 0.6) is 0 Å². The van der Waals surface area contributed by atoms with Crippen molar-refractivity contribution in [2.75, 3.05) is 4.90 Å². The zero-order chi connectivity index (χ0) is 25.2. The molecule has 178 valence electrons. The fourth-order valence-electron chi connectivity index (χ4n) is 4.62. The second kappa shape index (κ2) is 8.43. The average Bonchev–Trinajstić information content (AvgIpc) is 3.04. The molecule has 1 atom stereocenters. The number of aryl methyl sites for hydroxylation is 1. The van der Waals surface area contributed by atoms with Gasteiger partial charge in [0, 0.05) is 36.9 Å². The first-order valence-electron chi connectivity index (χ1n) is 10.3. The van der Waals surface area contributed by atoms with E-state index in [1.165, 1.54) is 28.4 Å². The summed E-state index contributed by atoms with van der Waals surface area (Å²) >= 11 is 10.8. The summed E-state index contributed by atoms with van der Waals surface area (Å²) in [6, 6.07) is 7.33. The van der Waals surface area contributed by atoms with E-state index in [4.69, 9.17) is 17.3 Å². The number of hydrogen-bond acceptors (Lipinski definition) is 5. The van der Waals surface area contributed by atoms with Gasteiger partial charge in [-0.3, -0.25) is 9.69 Å². The highest BCUT2D eigenvalue weighted by Crippen LogP contribution is 2.53. The number of Topliss-reactive ketones (excluding diaryl/α,β-unsaturated/α-hetero) is 1. The van der Waals surface area contributed by atoms with Crippen molar-refractivity contribution in [3.63, 3.8) is 0 Å².